The average molecular weight is 342 g/mol. The summed E-state index contributed by atoms with van der Waals surface area (Å²) in [5.74, 6) is -0.0413. The van der Waals surface area contributed by atoms with Crippen molar-refractivity contribution in [2.45, 2.75) is 53.1 Å². The number of esters is 1. The number of nitrogens with zero attached hydrogens (tertiary/aromatic N) is 1. The molecule has 0 saturated carbocycles. The van der Waals surface area contributed by atoms with Gasteiger partial charge < -0.3 is 14.8 Å². The highest BCUT2D eigenvalue weighted by atomic mass is 32.1. The number of carbonyl (C=O) groups is 2. The van der Waals surface area contributed by atoms with Gasteiger partial charge in [-0.1, -0.05) is 6.92 Å². The van der Waals surface area contributed by atoms with Crippen LogP contribution in [0.4, 0.5) is 4.79 Å². The first-order valence-electron chi connectivity index (χ1n) is 7.79. The minimum atomic E-state index is -0.486. The van der Waals surface area contributed by atoms with Gasteiger partial charge in [-0.3, -0.25) is 0 Å². The van der Waals surface area contributed by atoms with Gasteiger partial charge in [0.05, 0.1) is 11.6 Å². The smallest absolute Gasteiger partial charge is 0.407 e. The summed E-state index contributed by atoms with van der Waals surface area (Å²) < 4.78 is 10.1. The van der Waals surface area contributed by atoms with Gasteiger partial charge in [-0.15, -0.1) is 11.3 Å². The van der Waals surface area contributed by atoms with Gasteiger partial charge in [0.25, 0.3) is 0 Å². The summed E-state index contributed by atoms with van der Waals surface area (Å²) in [7, 11) is 0. The molecule has 0 spiro atoms. The van der Waals surface area contributed by atoms with Gasteiger partial charge in [-0.2, -0.15) is 0 Å². The van der Waals surface area contributed by atoms with E-state index in [1.54, 1.807) is 12.3 Å². The van der Waals surface area contributed by atoms with Crippen molar-refractivity contribution in [2.75, 3.05) is 13.2 Å². The van der Waals surface area contributed by atoms with E-state index in [0.717, 1.165) is 17.8 Å². The highest BCUT2D eigenvalue weighted by Gasteiger charge is 2.16. The highest BCUT2D eigenvalue weighted by molar-refractivity contribution is 7.09. The van der Waals surface area contributed by atoms with Crippen LogP contribution in [0.1, 0.15) is 56.5 Å². The Balaban J connectivity index is 2.33. The third kappa shape index (κ3) is 7.97. The van der Waals surface area contributed by atoms with Gasteiger partial charge in [0.1, 0.15) is 5.60 Å². The number of nitrogens with one attached hydrogen (secondary N) is 1. The molecule has 0 saturated heterocycles. The predicted molar refractivity (Wildman–Crippen MR) is 89.8 cm³/mol. The molecule has 23 heavy (non-hydrogen) atoms. The fraction of sp³-hybridized carbons (Fsp3) is 0.688. The molecule has 0 aliphatic carbocycles. The quantitative estimate of drug-likeness (QED) is 0.768. The first kappa shape index (κ1) is 19.4. The first-order valence-corrected chi connectivity index (χ1v) is 8.67. The number of ether oxygens (including phenoxy) is 2. The highest BCUT2D eigenvalue weighted by Crippen LogP contribution is 2.17. The summed E-state index contributed by atoms with van der Waals surface area (Å²) in [4.78, 5) is 27.4. The largest absolute Gasteiger partial charge is 0.461 e. The van der Waals surface area contributed by atoms with Gasteiger partial charge in [-0.05, 0) is 40.0 Å². The van der Waals surface area contributed by atoms with Crippen LogP contribution in [-0.2, 0) is 15.9 Å². The lowest BCUT2D eigenvalue weighted by Gasteiger charge is -2.20. The van der Waals surface area contributed by atoms with E-state index in [2.05, 4.69) is 17.2 Å². The van der Waals surface area contributed by atoms with Crippen molar-refractivity contribution in [3.05, 3.63) is 16.1 Å². The molecule has 1 heterocycles. The number of hydrogen-bond acceptors (Lipinski definition) is 6. The van der Waals surface area contributed by atoms with Crippen molar-refractivity contribution < 1.29 is 19.1 Å². The van der Waals surface area contributed by atoms with Crippen molar-refractivity contribution in [2.24, 2.45) is 5.92 Å². The molecule has 1 amide bonds. The molecule has 1 aromatic rings. The molecule has 130 valence electrons. The Morgan fingerprint density at radius 3 is 2.70 bits per heavy atom. The number of aromatic nitrogens is 1. The van der Waals surface area contributed by atoms with Crippen LogP contribution >= 0.6 is 11.3 Å². The first-order chi connectivity index (χ1) is 10.7. The monoisotopic (exact) mass is 342 g/mol. The summed E-state index contributed by atoms with van der Waals surface area (Å²) in [6.45, 7) is 10.2. The molecule has 1 rings (SSSR count). The third-order valence-electron chi connectivity index (χ3n) is 2.86. The van der Waals surface area contributed by atoms with Crippen LogP contribution in [-0.4, -0.2) is 35.8 Å². The Labute approximate surface area is 141 Å². The van der Waals surface area contributed by atoms with Crippen molar-refractivity contribution in [1.82, 2.24) is 10.3 Å². The van der Waals surface area contributed by atoms with E-state index >= 15 is 0 Å². The number of hydrogen-bond donors (Lipinski definition) is 1. The fourth-order valence-electron chi connectivity index (χ4n) is 1.84. The zero-order valence-electron chi connectivity index (χ0n) is 14.5. The Morgan fingerprint density at radius 1 is 1.39 bits per heavy atom. The number of rotatable bonds is 7. The molecule has 0 aliphatic heterocycles. The molecule has 0 bridgehead atoms. The van der Waals surface area contributed by atoms with E-state index in [9.17, 15) is 9.59 Å². The Morgan fingerprint density at radius 2 is 2.09 bits per heavy atom. The van der Waals surface area contributed by atoms with Gasteiger partial charge in [-0.25, -0.2) is 14.6 Å². The molecule has 6 nitrogen and oxygen atoms in total. The molecule has 0 radical (unpaired) electrons. The summed E-state index contributed by atoms with van der Waals surface area (Å²) >= 11 is 1.46. The van der Waals surface area contributed by atoms with Gasteiger partial charge in [0.15, 0.2) is 5.69 Å². The molecule has 7 heteroatoms. The second-order valence-corrected chi connectivity index (χ2v) is 7.32. The van der Waals surface area contributed by atoms with Crippen molar-refractivity contribution in [1.29, 1.82) is 0 Å². The molecule has 1 atom stereocenters. The third-order valence-corrected chi connectivity index (χ3v) is 3.74. The maximum atomic E-state index is 11.6. The SMILES string of the molecule is CCOC(=O)c1csc(CC(C)CCNC(=O)OC(C)(C)C)n1. The molecule has 0 aromatic carbocycles. The van der Waals surface area contributed by atoms with Crippen molar-refractivity contribution in [3.8, 4) is 0 Å². The summed E-state index contributed by atoms with van der Waals surface area (Å²) in [5.41, 5.74) is -0.119. The van der Waals surface area contributed by atoms with E-state index in [0.29, 0.717) is 24.8 Å². The van der Waals surface area contributed by atoms with Crippen LogP contribution < -0.4 is 5.32 Å². The van der Waals surface area contributed by atoms with Crippen LogP contribution in [0.25, 0.3) is 0 Å². The van der Waals surface area contributed by atoms with Crippen LogP contribution in [0, 0.1) is 5.92 Å². The second kappa shape index (κ2) is 8.86. The standard InChI is InChI=1S/C16H26N2O4S/c1-6-21-14(19)12-10-23-13(18-12)9-11(2)7-8-17-15(20)22-16(3,4)5/h10-11H,6-9H2,1-5H3,(H,17,20). The topological polar surface area (TPSA) is 77.5 Å². The van der Waals surface area contributed by atoms with Crippen LogP contribution in [0.15, 0.2) is 5.38 Å². The molecular weight excluding hydrogens is 316 g/mol. The zero-order valence-corrected chi connectivity index (χ0v) is 15.3. The lowest BCUT2D eigenvalue weighted by molar-refractivity contribution is 0.0511. The van der Waals surface area contributed by atoms with Gasteiger partial charge >= 0.3 is 12.1 Å². The summed E-state index contributed by atoms with van der Waals surface area (Å²) in [6.07, 6.45) is 1.18. The van der Waals surface area contributed by atoms with E-state index < -0.39 is 11.7 Å². The minimum absolute atomic E-state index is 0.339. The summed E-state index contributed by atoms with van der Waals surface area (Å²) in [5, 5.41) is 5.37. The van der Waals surface area contributed by atoms with Crippen molar-refractivity contribution in [3.63, 3.8) is 0 Å². The fourth-order valence-corrected chi connectivity index (χ4v) is 2.77. The summed E-state index contributed by atoms with van der Waals surface area (Å²) in [6, 6.07) is 0. The van der Waals surface area contributed by atoms with E-state index in [1.807, 2.05) is 20.8 Å². The van der Waals surface area contributed by atoms with E-state index in [1.165, 1.54) is 11.3 Å². The van der Waals surface area contributed by atoms with Crippen LogP contribution in [0.3, 0.4) is 0 Å². The molecular formula is C16H26N2O4S. The number of amides is 1. The van der Waals surface area contributed by atoms with Gasteiger partial charge in [0.2, 0.25) is 0 Å². The van der Waals surface area contributed by atoms with Crippen molar-refractivity contribution >= 4 is 23.4 Å². The number of carbonyl (C=O) groups excluding carboxylic acids is 2. The normalized spacial score (nSPS) is 12.6. The van der Waals surface area contributed by atoms with E-state index in [4.69, 9.17) is 9.47 Å². The van der Waals surface area contributed by atoms with Crippen LogP contribution in [0.2, 0.25) is 0 Å². The maximum absolute atomic E-state index is 11.6. The Bertz CT molecular complexity index is 522. The zero-order chi connectivity index (χ0) is 17.5. The Kier molecular flexibility index (Phi) is 7.48. The number of alkyl carbamates (subject to hydrolysis) is 1. The maximum Gasteiger partial charge on any atom is 0.407 e. The molecule has 0 aliphatic rings. The lowest BCUT2D eigenvalue weighted by Crippen LogP contribution is -2.33. The van der Waals surface area contributed by atoms with Crippen LogP contribution in [0.5, 0.6) is 0 Å². The van der Waals surface area contributed by atoms with E-state index in [-0.39, 0.29) is 5.97 Å². The van der Waals surface area contributed by atoms with Gasteiger partial charge in [0, 0.05) is 18.3 Å². The molecule has 1 aromatic heterocycles. The second-order valence-electron chi connectivity index (χ2n) is 6.37. The lowest BCUT2D eigenvalue weighted by atomic mass is 10.0. The molecule has 0 fully saturated rings. The average Bonchev–Trinajstić information content (AvgIpc) is 2.85. The minimum Gasteiger partial charge on any atom is -0.461 e. The number of thiazole rings is 1. The predicted octanol–water partition coefficient (Wildman–Crippen LogP) is 3.41. The Hall–Kier alpha value is -1.63. The molecule has 1 N–H and O–H groups in total. The molecule has 1 unspecified atom stereocenters.